The number of H-pyrrole nitrogens is 1. The molecule has 0 aromatic carbocycles. The first-order chi connectivity index (χ1) is 4.72. The molecular formula is C5H7N3O2. The van der Waals surface area contributed by atoms with Gasteiger partial charge < -0.3 is 10.1 Å². The zero-order chi connectivity index (χ0) is 7.56. The van der Waals surface area contributed by atoms with Gasteiger partial charge in [-0.25, -0.2) is 15.6 Å². The van der Waals surface area contributed by atoms with E-state index in [1.807, 2.05) is 0 Å². The minimum absolute atomic E-state index is 0.424. The Bertz CT molecular complexity index is 219. The fourth-order valence-corrected chi connectivity index (χ4v) is 0.575. The molecule has 1 heterocycles. The zero-order valence-electron chi connectivity index (χ0n) is 5.11. The minimum atomic E-state index is -1.18. The average Bonchev–Trinajstić information content (AvgIpc) is 2.36. The Labute approximate surface area is 57.0 Å². The summed E-state index contributed by atoms with van der Waals surface area (Å²) in [5.41, 5.74) is 0.424. The number of amides is 1. The fraction of sp³-hybridized carbons (Fsp3) is 0. The van der Waals surface area contributed by atoms with Crippen LogP contribution in [-0.2, 0) is 0 Å². The second-order valence-electron chi connectivity index (χ2n) is 1.72. The van der Waals surface area contributed by atoms with Gasteiger partial charge in [-0.05, 0) is 6.07 Å². The molecule has 0 aliphatic heterocycles. The van der Waals surface area contributed by atoms with Crippen LogP contribution in [0.2, 0.25) is 0 Å². The standard InChI is InChI=1S/C5H7N3O2/c6-8(5(9)10)4-1-2-7-3-4/h1-3,7H,6H2,(H,9,10). The predicted octanol–water partition coefficient (Wildman–Crippen LogP) is 0.373. The van der Waals surface area contributed by atoms with Gasteiger partial charge in [-0.1, -0.05) is 0 Å². The summed E-state index contributed by atoms with van der Waals surface area (Å²) in [5, 5.41) is 8.98. The van der Waals surface area contributed by atoms with Gasteiger partial charge in [0.2, 0.25) is 0 Å². The molecule has 0 aliphatic carbocycles. The van der Waals surface area contributed by atoms with Crippen LogP contribution in [0.25, 0.3) is 0 Å². The molecule has 1 aromatic heterocycles. The predicted molar refractivity (Wildman–Crippen MR) is 35.5 cm³/mol. The maximum Gasteiger partial charge on any atom is 0.426 e. The monoisotopic (exact) mass is 141 g/mol. The number of carboxylic acid groups (broad SMARTS) is 1. The van der Waals surface area contributed by atoms with E-state index in [9.17, 15) is 4.79 Å². The first-order valence-electron chi connectivity index (χ1n) is 2.62. The number of hydrogen-bond acceptors (Lipinski definition) is 2. The van der Waals surface area contributed by atoms with Crippen molar-refractivity contribution in [3.8, 4) is 0 Å². The number of anilines is 1. The van der Waals surface area contributed by atoms with E-state index in [0.717, 1.165) is 0 Å². The van der Waals surface area contributed by atoms with Gasteiger partial charge in [0.15, 0.2) is 0 Å². The maximum absolute atomic E-state index is 10.2. The van der Waals surface area contributed by atoms with E-state index in [0.29, 0.717) is 10.7 Å². The van der Waals surface area contributed by atoms with Crippen LogP contribution in [-0.4, -0.2) is 16.2 Å². The number of nitrogens with one attached hydrogen (secondary N) is 1. The molecule has 0 bridgehead atoms. The summed E-state index contributed by atoms with van der Waals surface area (Å²) in [6.07, 6.45) is 1.91. The van der Waals surface area contributed by atoms with E-state index in [4.69, 9.17) is 10.9 Å². The summed E-state index contributed by atoms with van der Waals surface area (Å²) in [6, 6.07) is 1.56. The summed E-state index contributed by atoms with van der Waals surface area (Å²) in [5.74, 6) is 5.10. The van der Waals surface area contributed by atoms with Crippen LogP contribution in [0.5, 0.6) is 0 Å². The minimum Gasteiger partial charge on any atom is -0.464 e. The molecule has 5 nitrogen and oxygen atoms in total. The number of rotatable bonds is 1. The molecule has 4 N–H and O–H groups in total. The van der Waals surface area contributed by atoms with Crippen LogP contribution in [0.1, 0.15) is 0 Å². The number of aromatic nitrogens is 1. The van der Waals surface area contributed by atoms with E-state index < -0.39 is 6.09 Å². The third-order valence-corrected chi connectivity index (χ3v) is 1.07. The normalized spacial score (nSPS) is 9.30. The first kappa shape index (κ1) is 6.63. The highest BCUT2D eigenvalue weighted by molar-refractivity contribution is 5.84. The molecule has 1 amide bonds. The Morgan fingerprint density at radius 2 is 2.50 bits per heavy atom. The molecule has 0 spiro atoms. The highest BCUT2D eigenvalue weighted by Gasteiger charge is 2.07. The van der Waals surface area contributed by atoms with Crippen molar-refractivity contribution in [2.45, 2.75) is 0 Å². The molecule has 1 rings (SSSR count). The van der Waals surface area contributed by atoms with Gasteiger partial charge >= 0.3 is 6.09 Å². The van der Waals surface area contributed by atoms with Crippen LogP contribution in [0.3, 0.4) is 0 Å². The molecule has 5 heteroatoms. The molecule has 0 unspecified atom stereocenters. The Kier molecular flexibility index (Phi) is 1.59. The van der Waals surface area contributed by atoms with Crippen molar-refractivity contribution in [3.05, 3.63) is 18.5 Å². The molecule has 0 aliphatic rings. The largest absolute Gasteiger partial charge is 0.464 e. The van der Waals surface area contributed by atoms with Crippen LogP contribution < -0.4 is 10.9 Å². The molecule has 10 heavy (non-hydrogen) atoms. The summed E-state index contributed by atoms with van der Waals surface area (Å²) >= 11 is 0. The van der Waals surface area contributed by atoms with E-state index in [1.54, 1.807) is 12.3 Å². The Morgan fingerprint density at radius 3 is 2.90 bits per heavy atom. The summed E-state index contributed by atoms with van der Waals surface area (Å²) in [4.78, 5) is 12.9. The molecule has 0 fully saturated rings. The lowest BCUT2D eigenvalue weighted by molar-refractivity contribution is 0.202. The van der Waals surface area contributed by atoms with Gasteiger partial charge in [0, 0.05) is 12.4 Å². The van der Waals surface area contributed by atoms with Crippen molar-refractivity contribution in [3.63, 3.8) is 0 Å². The molecule has 0 radical (unpaired) electrons. The molecular weight excluding hydrogens is 134 g/mol. The molecule has 0 saturated carbocycles. The van der Waals surface area contributed by atoms with Crippen LogP contribution >= 0.6 is 0 Å². The smallest absolute Gasteiger partial charge is 0.426 e. The molecule has 0 saturated heterocycles. The summed E-state index contributed by atoms with van der Waals surface area (Å²) in [6.45, 7) is 0. The van der Waals surface area contributed by atoms with Crippen molar-refractivity contribution >= 4 is 11.8 Å². The molecule has 1 aromatic rings. The average molecular weight is 141 g/mol. The van der Waals surface area contributed by atoms with Crippen molar-refractivity contribution in [2.24, 2.45) is 5.84 Å². The van der Waals surface area contributed by atoms with Gasteiger partial charge in [0.25, 0.3) is 0 Å². The number of hydrazine groups is 1. The maximum atomic E-state index is 10.2. The van der Waals surface area contributed by atoms with E-state index in [1.165, 1.54) is 6.20 Å². The van der Waals surface area contributed by atoms with E-state index in [2.05, 4.69) is 4.98 Å². The Balaban J connectivity index is 2.77. The second-order valence-corrected chi connectivity index (χ2v) is 1.72. The second kappa shape index (κ2) is 2.40. The highest BCUT2D eigenvalue weighted by atomic mass is 16.4. The molecule has 54 valence electrons. The number of hydrogen-bond donors (Lipinski definition) is 3. The Morgan fingerprint density at radius 1 is 1.80 bits per heavy atom. The lowest BCUT2D eigenvalue weighted by atomic mass is 10.5. The third-order valence-electron chi connectivity index (χ3n) is 1.07. The van der Waals surface area contributed by atoms with Crippen LogP contribution in [0, 0.1) is 0 Å². The van der Waals surface area contributed by atoms with E-state index in [-0.39, 0.29) is 0 Å². The van der Waals surface area contributed by atoms with Crippen LogP contribution in [0.15, 0.2) is 18.5 Å². The van der Waals surface area contributed by atoms with Crippen molar-refractivity contribution in [1.29, 1.82) is 0 Å². The van der Waals surface area contributed by atoms with Gasteiger partial charge in [0.05, 0.1) is 5.69 Å². The van der Waals surface area contributed by atoms with Gasteiger partial charge in [0.1, 0.15) is 0 Å². The number of aromatic amines is 1. The first-order valence-corrected chi connectivity index (χ1v) is 2.62. The van der Waals surface area contributed by atoms with Crippen molar-refractivity contribution < 1.29 is 9.90 Å². The summed E-state index contributed by atoms with van der Waals surface area (Å²) in [7, 11) is 0. The molecule has 0 atom stereocenters. The van der Waals surface area contributed by atoms with Crippen molar-refractivity contribution in [1.82, 2.24) is 4.98 Å². The highest BCUT2D eigenvalue weighted by Crippen LogP contribution is 2.07. The lowest BCUT2D eigenvalue weighted by Gasteiger charge is -2.07. The van der Waals surface area contributed by atoms with Gasteiger partial charge in [-0.15, -0.1) is 0 Å². The van der Waals surface area contributed by atoms with Gasteiger partial charge in [-0.3, -0.25) is 0 Å². The fourth-order valence-electron chi connectivity index (χ4n) is 0.575. The Hall–Kier alpha value is -1.49. The number of nitrogens with zero attached hydrogens (tertiary/aromatic N) is 1. The topological polar surface area (TPSA) is 82.3 Å². The van der Waals surface area contributed by atoms with Crippen molar-refractivity contribution in [2.75, 3.05) is 5.01 Å². The summed E-state index contributed by atoms with van der Waals surface area (Å²) < 4.78 is 0. The zero-order valence-corrected chi connectivity index (χ0v) is 5.11. The van der Waals surface area contributed by atoms with E-state index >= 15 is 0 Å². The lowest BCUT2D eigenvalue weighted by Crippen LogP contribution is -2.35. The number of nitrogens with two attached hydrogens (primary N) is 1. The van der Waals surface area contributed by atoms with Gasteiger partial charge in [-0.2, -0.15) is 0 Å². The van der Waals surface area contributed by atoms with Crippen LogP contribution in [0.4, 0.5) is 10.5 Å². The quantitative estimate of drug-likeness (QED) is 0.300. The number of carbonyl (C=O) groups is 1. The SMILES string of the molecule is NN(C(=O)O)c1cc[nH]c1. The third kappa shape index (κ3) is 1.08.